The number of carboxylic acid groups (broad SMARTS) is 1. The lowest BCUT2D eigenvalue weighted by Gasteiger charge is -2.26. The summed E-state index contributed by atoms with van der Waals surface area (Å²) < 4.78 is 10.6. The van der Waals surface area contributed by atoms with Gasteiger partial charge in [0, 0.05) is 32.0 Å². The van der Waals surface area contributed by atoms with Crippen LogP contribution in [0.25, 0.3) is 11.1 Å². The predicted octanol–water partition coefficient (Wildman–Crippen LogP) is 3.50. The number of hydrogen-bond acceptors (Lipinski definition) is 5. The molecule has 0 bridgehead atoms. The van der Waals surface area contributed by atoms with Crippen LogP contribution in [0.4, 0.5) is 4.79 Å². The maximum absolute atomic E-state index is 12.7. The van der Waals surface area contributed by atoms with Crippen LogP contribution in [0.3, 0.4) is 0 Å². The summed E-state index contributed by atoms with van der Waals surface area (Å²) in [5, 5.41) is 11.9. The summed E-state index contributed by atoms with van der Waals surface area (Å²) in [6.07, 6.45) is -0.631. The van der Waals surface area contributed by atoms with Crippen molar-refractivity contribution >= 4 is 18.0 Å². The molecule has 0 saturated heterocycles. The van der Waals surface area contributed by atoms with E-state index in [0.717, 1.165) is 22.3 Å². The van der Waals surface area contributed by atoms with E-state index in [4.69, 9.17) is 14.6 Å². The first kappa shape index (κ1) is 25.2. The lowest BCUT2D eigenvalue weighted by molar-refractivity contribution is -0.145. The number of aliphatic carboxylic acids is 1. The van der Waals surface area contributed by atoms with Gasteiger partial charge in [0.05, 0.1) is 6.61 Å². The number of carbonyl (C=O) groups excluding carboxylic acids is 2. The number of hydrogen-bond donors (Lipinski definition) is 2. The highest BCUT2D eigenvalue weighted by Gasteiger charge is 2.30. The van der Waals surface area contributed by atoms with Gasteiger partial charge in [-0.1, -0.05) is 62.4 Å². The Balaban J connectivity index is 1.62. The first-order chi connectivity index (χ1) is 16.3. The number of rotatable bonds is 11. The van der Waals surface area contributed by atoms with Crippen LogP contribution in [0.5, 0.6) is 0 Å². The monoisotopic (exact) mass is 468 g/mol. The Morgan fingerprint density at radius 1 is 1.03 bits per heavy atom. The third-order valence-corrected chi connectivity index (χ3v) is 6.09. The van der Waals surface area contributed by atoms with E-state index in [1.165, 1.54) is 12.0 Å². The molecule has 1 aliphatic carbocycles. The second-order valence-electron chi connectivity index (χ2n) is 8.73. The van der Waals surface area contributed by atoms with Crippen LogP contribution in [-0.2, 0) is 19.1 Å². The lowest BCUT2D eigenvalue weighted by Crippen LogP contribution is -2.45. The zero-order valence-corrected chi connectivity index (χ0v) is 19.8. The molecule has 0 aliphatic heterocycles. The number of carbonyl (C=O) groups is 3. The number of ether oxygens (including phenoxy) is 2. The number of methoxy groups -OCH3 is 1. The fraction of sp³-hybridized carbons (Fsp3) is 0.423. The number of benzene rings is 2. The Labute approximate surface area is 199 Å². The zero-order valence-electron chi connectivity index (χ0n) is 19.8. The van der Waals surface area contributed by atoms with Gasteiger partial charge in [0.2, 0.25) is 5.91 Å². The number of fused-ring (bicyclic) bond motifs is 3. The minimum absolute atomic E-state index is 0.0289. The van der Waals surface area contributed by atoms with Gasteiger partial charge < -0.3 is 24.8 Å². The van der Waals surface area contributed by atoms with Crippen molar-refractivity contribution in [3.8, 4) is 11.1 Å². The predicted molar refractivity (Wildman–Crippen MR) is 128 cm³/mol. The molecule has 0 aromatic heterocycles. The standard InChI is InChI=1S/C26H32N2O6/c1-17(2)23(14-24(29)28(12-13-33-3)15-25(30)31)27-26(32)34-16-22-20-10-6-4-8-18(20)19-9-5-7-11-21(19)22/h4-11,17,22-23H,12-16H2,1-3H3,(H,27,32)(H,30,31). The van der Waals surface area contributed by atoms with Gasteiger partial charge in [0.15, 0.2) is 0 Å². The van der Waals surface area contributed by atoms with Crippen LogP contribution in [0.2, 0.25) is 0 Å². The van der Waals surface area contributed by atoms with Crippen molar-refractivity contribution in [2.24, 2.45) is 5.92 Å². The molecule has 2 N–H and O–H groups in total. The van der Waals surface area contributed by atoms with E-state index in [1.54, 1.807) is 0 Å². The number of alkyl carbamates (subject to hydrolysis) is 1. The molecular weight excluding hydrogens is 436 g/mol. The van der Waals surface area contributed by atoms with Crippen LogP contribution in [0.1, 0.15) is 37.3 Å². The molecule has 2 aromatic carbocycles. The fourth-order valence-electron chi connectivity index (χ4n) is 4.22. The molecule has 2 amide bonds. The summed E-state index contributed by atoms with van der Waals surface area (Å²) in [7, 11) is 1.49. The number of amides is 2. The average Bonchev–Trinajstić information content (AvgIpc) is 3.13. The molecule has 34 heavy (non-hydrogen) atoms. The van der Waals surface area contributed by atoms with Crippen LogP contribution < -0.4 is 5.32 Å². The van der Waals surface area contributed by atoms with E-state index in [-0.39, 0.29) is 43.9 Å². The number of carboxylic acids is 1. The molecule has 0 spiro atoms. The molecule has 2 aromatic rings. The number of nitrogens with zero attached hydrogens (tertiary/aromatic N) is 1. The lowest BCUT2D eigenvalue weighted by atomic mass is 9.98. The first-order valence-electron chi connectivity index (χ1n) is 11.4. The molecule has 8 nitrogen and oxygen atoms in total. The maximum Gasteiger partial charge on any atom is 0.407 e. The molecule has 182 valence electrons. The van der Waals surface area contributed by atoms with Gasteiger partial charge in [-0.3, -0.25) is 9.59 Å². The Morgan fingerprint density at radius 2 is 1.62 bits per heavy atom. The average molecular weight is 469 g/mol. The van der Waals surface area contributed by atoms with Gasteiger partial charge in [0.25, 0.3) is 0 Å². The van der Waals surface area contributed by atoms with E-state index >= 15 is 0 Å². The molecular formula is C26H32N2O6. The topological polar surface area (TPSA) is 105 Å². The molecule has 1 unspecified atom stereocenters. The van der Waals surface area contributed by atoms with Crippen molar-refractivity contribution in [2.75, 3.05) is 33.4 Å². The molecule has 0 heterocycles. The Kier molecular flexibility index (Phi) is 8.65. The third-order valence-electron chi connectivity index (χ3n) is 6.09. The van der Waals surface area contributed by atoms with Crippen molar-refractivity contribution in [1.29, 1.82) is 0 Å². The molecule has 0 saturated carbocycles. The van der Waals surface area contributed by atoms with Crippen molar-refractivity contribution in [2.45, 2.75) is 32.2 Å². The van der Waals surface area contributed by atoms with Gasteiger partial charge in [0.1, 0.15) is 13.2 Å². The summed E-state index contributed by atoms with van der Waals surface area (Å²) >= 11 is 0. The summed E-state index contributed by atoms with van der Waals surface area (Å²) in [4.78, 5) is 37.8. The SMILES string of the molecule is COCCN(CC(=O)O)C(=O)CC(NC(=O)OCC1c2ccccc2-c2ccccc21)C(C)C. The third kappa shape index (κ3) is 6.14. The highest BCUT2D eigenvalue weighted by molar-refractivity contribution is 5.82. The van der Waals surface area contributed by atoms with E-state index in [9.17, 15) is 14.4 Å². The number of nitrogens with one attached hydrogen (secondary N) is 1. The summed E-state index contributed by atoms with van der Waals surface area (Å²) in [5.74, 6) is -1.58. The van der Waals surface area contributed by atoms with E-state index < -0.39 is 24.6 Å². The maximum atomic E-state index is 12.7. The van der Waals surface area contributed by atoms with Crippen LogP contribution >= 0.6 is 0 Å². The Hall–Kier alpha value is -3.39. The van der Waals surface area contributed by atoms with Gasteiger partial charge in [-0.15, -0.1) is 0 Å². The molecule has 1 atom stereocenters. The second kappa shape index (κ2) is 11.7. The molecule has 3 rings (SSSR count). The van der Waals surface area contributed by atoms with Gasteiger partial charge >= 0.3 is 12.1 Å². The summed E-state index contributed by atoms with van der Waals surface area (Å²) in [6, 6.07) is 15.7. The highest BCUT2D eigenvalue weighted by Crippen LogP contribution is 2.44. The van der Waals surface area contributed by atoms with Gasteiger partial charge in [-0.25, -0.2) is 4.79 Å². The zero-order chi connectivity index (χ0) is 24.7. The molecule has 0 radical (unpaired) electrons. The quantitative estimate of drug-likeness (QED) is 0.523. The highest BCUT2D eigenvalue weighted by atomic mass is 16.5. The van der Waals surface area contributed by atoms with Crippen LogP contribution in [0, 0.1) is 5.92 Å². The van der Waals surface area contributed by atoms with Crippen molar-refractivity contribution < 1.29 is 29.0 Å². The Bertz CT molecular complexity index is 976. The van der Waals surface area contributed by atoms with E-state index in [2.05, 4.69) is 17.4 Å². The largest absolute Gasteiger partial charge is 0.480 e. The molecule has 0 fully saturated rings. The first-order valence-corrected chi connectivity index (χ1v) is 11.4. The minimum Gasteiger partial charge on any atom is -0.480 e. The smallest absolute Gasteiger partial charge is 0.407 e. The van der Waals surface area contributed by atoms with Crippen molar-refractivity contribution in [3.63, 3.8) is 0 Å². The minimum atomic E-state index is -1.10. The normalized spacial score (nSPS) is 13.2. The summed E-state index contributed by atoms with van der Waals surface area (Å²) in [6.45, 7) is 3.93. The van der Waals surface area contributed by atoms with Crippen LogP contribution in [-0.4, -0.2) is 67.4 Å². The van der Waals surface area contributed by atoms with Crippen molar-refractivity contribution in [3.05, 3.63) is 59.7 Å². The van der Waals surface area contributed by atoms with E-state index in [0.29, 0.717) is 0 Å². The molecule has 8 heteroatoms. The van der Waals surface area contributed by atoms with E-state index in [1.807, 2.05) is 50.2 Å². The van der Waals surface area contributed by atoms with Crippen molar-refractivity contribution in [1.82, 2.24) is 10.2 Å². The van der Waals surface area contributed by atoms with Gasteiger partial charge in [-0.05, 0) is 28.2 Å². The molecule has 1 aliphatic rings. The second-order valence-corrected chi connectivity index (χ2v) is 8.73. The Morgan fingerprint density at radius 3 is 2.15 bits per heavy atom. The van der Waals surface area contributed by atoms with Gasteiger partial charge in [-0.2, -0.15) is 0 Å². The van der Waals surface area contributed by atoms with Crippen LogP contribution in [0.15, 0.2) is 48.5 Å². The summed E-state index contributed by atoms with van der Waals surface area (Å²) in [5.41, 5.74) is 4.53. The fourth-order valence-corrected chi connectivity index (χ4v) is 4.22.